The molecule has 0 bridgehead atoms. The van der Waals surface area contributed by atoms with E-state index in [0.29, 0.717) is 34.4 Å². The molecule has 0 fully saturated rings. The molecule has 3 heterocycles. The van der Waals surface area contributed by atoms with Crippen molar-refractivity contribution in [3.05, 3.63) is 63.4 Å². The molecule has 1 atom stereocenters. The summed E-state index contributed by atoms with van der Waals surface area (Å²) in [5.41, 5.74) is 0.989. The molecule has 1 unspecified atom stereocenters. The van der Waals surface area contributed by atoms with Gasteiger partial charge < -0.3 is 13.7 Å². The van der Waals surface area contributed by atoms with E-state index < -0.39 is 23.0 Å². The molecule has 0 saturated heterocycles. The van der Waals surface area contributed by atoms with Crippen molar-refractivity contribution in [3.8, 4) is 5.75 Å². The lowest BCUT2D eigenvalue weighted by Crippen LogP contribution is -2.29. The zero-order valence-corrected chi connectivity index (χ0v) is 19.1. The van der Waals surface area contributed by atoms with Gasteiger partial charge in [0.2, 0.25) is 5.82 Å². The van der Waals surface area contributed by atoms with Crippen molar-refractivity contribution in [1.82, 2.24) is 9.29 Å². The number of nitrogens with zero attached hydrogens (tertiary/aromatic N) is 4. The third-order valence-corrected chi connectivity index (χ3v) is 6.06. The maximum Gasteiger partial charge on any atom is 0.340 e. The monoisotopic (exact) mass is 471 g/mol. The Morgan fingerprint density at radius 3 is 2.88 bits per heavy atom. The van der Waals surface area contributed by atoms with Gasteiger partial charge >= 0.3 is 11.6 Å². The van der Waals surface area contributed by atoms with Gasteiger partial charge in [0.05, 0.1) is 0 Å². The second kappa shape index (κ2) is 9.69. The smallest absolute Gasteiger partial charge is 0.340 e. The number of aliphatic imine (C=N–C) groups is 2. The summed E-state index contributed by atoms with van der Waals surface area (Å²) >= 11 is -1.65. The predicted molar refractivity (Wildman–Crippen MR) is 126 cm³/mol. The molecule has 0 radical (unpaired) electrons. The average Bonchev–Trinajstić information content (AvgIpc) is 2.79. The Morgan fingerprint density at radius 1 is 1.33 bits per heavy atom. The summed E-state index contributed by atoms with van der Waals surface area (Å²) in [6, 6.07) is 6.84. The van der Waals surface area contributed by atoms with Gasteiger partial charge in [-0.1, -0.05) is 0 Å². The van der Waals surface area contributed by atoms with Gasteiger partial charge in [-0.3, -0.25) is 0 Å². The predicted octanol–water partition coefficient (Wildman–Crippen LogP) is 2.99. The van der Waals surface area contributed by atoms with E-state index >= 15 is 0 Å². The molecule has 1 aromatic carbocycles. The van der Waals surface area contributed by atoms with Crippen LogP contribution in [0.4, 0.5) is 10.2 Å². The molecule has 2 aromatic heterocycles. The maximum atomic E-state index is 15.0. The van der Waals surface area contributed by atoms with Crippen molar-refractivity contribution >= 4 is 40.6 Å². The Hall–Kier alpha value is -3.28. The minimum absolute atomic E-state index is 0.00842. The molecule has 33 heavy (non-hydrogen) atoms. The van der Waals surface area contributed by atoms with Gasteiger partial charge in [-0.05, 0) is 36.2 Å². The number of halogens is 1. The van der Waals surface area contributed by atoms with Crippen LogP contribution in [-0.2, 0) is 18.0 Å². The average molecular weight is 472 g/mol. The number of hydrogen-bond donors (Lipinski definition) is 1. The number of fused-ring (bicyclic) bond motifs is 1. The van der Waals surface area contributed by atoms with Crippen LogP contribution in [0.25, 0.3) is 11.0 Å². The van der Waals surface area contributed by atoms with Crippen LogP contribution in [0.5, 0.6) is 5.75 Å². The van der Waals surface area contributed by atoms with Gasteiger partial charge in [-0.15, -0.1) is 4.31 Å². The zero-order chi connectivity index (χ0) is 23.5. The summed E-state index contributed by atoms with van der Waals surface area (Å²) in [5.74, 6) is -0.387. The van der Waals surface area contributed by atoms with E-state index in [1.807, 2.05) is 0 Å². The number of nitrogens with one attached hydrogen (secondary N) is 1. The molecule has 9 nitrogen and oxygen atoms in total. The number of benzene rings is 1. The van der Waals surface area contributed by atoms with E-state index in [0.717, 1.165) is 6.42 Å². The minimum Gasteiger partial charge on any atom is -0.573 e. The Bertz CT molecular complexity index is 1310. The molecular formula is C22H22FN5O4S. The quantitative estimate of drug-likeness (QED) is 0.434. The molecule has 172 valence electrons. The number of hydrogen-bond acceptors (Lipinski definition) is 9. The molecular weight excluding hydrogens is 449 g/mol. The Morgan fingerprint density at radius 2 is 2.15 bits per heavy atom. The van der Waals surface area contributed by atoms with E-state index in [-0.39, 0.29) is 23.8 Å². The number of ether oxygens (including phenoxy) is 1. The lowest BCUT2D eigenvalue weighted by Gasteiger charge is -2.16. The van der Waals surface area contributed by atoms with Crippen molar-refractivity contribution in [2.24, 2.45) is 9.98 Å². The van der Waals surface area contributed by atoms with E-state index in [2.05, 4.69) is 19.7 Å². The number of aryl methyl sites for hydroxylation is 1. The molecule has 11 heteroatoms. The van der Waals surface area contributed by atoms with Gasteiger partial charge in [0.25, 0.3) is 0 Å². The first-order valence-corrected chi connectivity index (χ1v) is 11.2. The highest BCUT2D eigenvalue weighted by molar-refractivity contribution is 7.90. The molecule has 1 N–H and O–H groups in total. The van der Waals surface area contributed by atoms with Crippen LogP contribution >= 0.6 is 0 Å². The number of pyridine rings is 1. The van der Waals surface area contributed by atoms with Crippen molar-refractivity contribution in [2.45, 2.75) is 19.8 Å². The highest BCUT2D eigenvalue weighted by Gasteiger charge is 2.20. The summed E-state index contributed by atoms with van der Waals surface area (Å²) in [5, 5.41) is 0.701. The van der Waals surface area contributed by atoms with Crippen LogP contribution in [-0.4, -0.2) is 46.7 Å². The summed E-state index contributed by atoms with van der Waals surface area (Å²) in [6.45, 7) is 2.39. The second-order valence-electron chi connectivity index (χ2n) is 7.49. The Balaban J connectivity index is 1.64. The third-order valence-electron chi connectivity index (χ3n) is 5.03. The molecule has 0 aliphatic carbocycles. The van der Waals surface area contributed by atoms with Crippen LogP contribution in [0.3, 0.4) is 0 Å². The molecule has 1 aliphatic rings. The van der Waals surface area contributed by atoms with E-state index in [4.69, 9.17) is 9.15 Å². The van der Waals surface area contributed by atoms with Crippen LogP contribution in [0.15, 0.2) is 49.7 Å². The summed E-state index contributed by atoms with van der Waals surface area (Å²) < 4.78 is 42.0. The van der Waals surface area contributed by atoms with E-state index in [1.165, 1.54) is 16.6 Å². The third kappa shape index (κ3) is 5.05. The lowest BCUT2D eigenvalue weighted by molar-refractivity contribution is 0.523. The first-order chi connectivity index (χ1) is 15.8. The van der Waals surface area contributed by atoms with E-state index in [1.54, 1.807) is 45.4 Å². The van der Waals surface area contributed by atoms with Gasteiger partial charge in [-0.25, -0.2) is 24.2 Å². The summed E-state index contributed by atoms with van der Waals surface area (Å²) in [4.78, 5) is 24.9. The lowest BCUT2D eigenvalue weighted by atomic mass is 10.00. The van der Waals surface area contributed by atoms with Crippen LogP contribution in [0, 0.1) is 12.7 Å². The Labute approximate surface area is 192 Å². The minimum atomic E-state index is -1.65. The number of rotatable bonds is 6. The highest BCUT2D eigenvalue weighted by Crippen LogP contribution is 2.27. The van der Waals surface area contributed by atoms with Crippen molar-refractivity contribution in [1.29, 1.82) is 0 Å². The van der Waals surface area contributed by atoms with E-state index in [9.17, 15) is 13.7 Å². The maximum absolute atomic E-state index is 15.0. The SMILES string of the molecule is Cc1c(Cc2ccnc(N[S+]([O-])N(C)C)c2F)c(=O)oc2cc(OC3=NCCC=N3)ccc12. The second-order valence-corrected chi connectivity index (χ2v) is 8.92. The van der Waals surface area contributed by atoms with Crippen LogP contribution in [0.2, 0.25) is 0 Å². The van der Waals surface area contributed by atoms with Crippen molar-refractivity contribution in [2.75, 3.05) is 25.4 Å². The summed E-state index contributed by atoms with van der Waals surface area (Å²) in [6.07, 6.45) is 3.89. The largest absolute Gasteiger partial charge is 0.573 e. The molecule has 1 aliphatic heterocycles. The molecule has 0 amide bonds. The summed E-state index contributed by atoms with van der Waals surface area (Å²) in [7, 11) is 3.17. The van der Waals surface area contributed by atoms with Gasteiger partial charge in [0.15, 0.2) is 17.4 Å². The standard InChI is InChI=1S/C22H22FN5O4S/c1-13-16-6-5-15(31-22-25-8-4-9-26-22)12-18(16)32-21(29)17(13)11-14-7-10-24-20(19(14)23)27-33(30)28(2)3/h5-8,10,12H,4,9,11H2,1-3H3,(H,24,27). The van der Waals surface area contributed by atoms with Crippen LogP contribution in [0.1, 0.15) is 23.1 Å². The fourth-order valence-corrected chi connectivity index (χ4v) is 3.75. The molecule has 4 rings (SSSR count). The normalized spacial score (nSPS) is 14.4. The number of aromatic nitrogens is 1. The fraction of sp³-hybridized carbons (Fsp3) is 0.273. The highest BCUT2D eigenvalue weighted by atomic mass is 32.2. The number of anilines is 1. The Kier molecular flexibility index (Phi) is 6.72. The first kappa shape index (κ1) is 22.9. The molecule has 0 spiro atoms. The topological polar surface area (TPSA) is 115 Å². The van der Waals surface area contributed by atoms with Crippen molar-refractivity contribution in [3.63, 3.8) is 0 Å². The van der Waals surface area contributed by atoms with Crippen LogP contribution < -0.4 is 15.1 Å². The first-order valence-electron chi connectivity index (χ1n) is 10.1. The van der Waals surface area contributed by atoms with Gasteiger partial charge in [0.1, 0.15) is 11.3 Å². The van der Waals surface area contributed by atoms with Gasteiger partial charge in [-0.2, -0.15) is 4.72 Å². The van der Waals surface area contributed by atoms with Gasteiger partial charge in [0, 0.05) is 62.9 Å². The molecule has 0 saturated carbocycles. The van der Waals surface area contributed by atoms with Crippen molar-refractivity contribution < 1.29 is 18.1 Å². The zero-order valence-electron chi connectivity index (χ0n) is 18.3. The molecule has 3 aromatic rings. The fourth-order valence-electron chi connectivity index (χ4n) is 3.26. The number of amidine groups is 1.